The van der Waals surface area contributed by atoms with Gasteiger partial charge in [0.1, 0.15) is 5.75 Å². The Bertz CT molecular complexity index is 435. The van der Waals surface area contributed by atoms with Gasteiger partial charge in [-0.2, -0.15) is 0 Å². The van der Waals surface area contributed by atoms with E-state index in [2.05, 4.69) is 49.2 Å². The van der Waals surface area contributed by atoms with Crippen LogP contribution >= 0.6 is 0 Å². The summed E-state index contributed by atoms with van der Waals surface area (Å²) in [7, 11) is 1.73. The van der Waals surface area contributed by atoms with Crippen LogP contribution in [0, 0.1) is 5.92 Å². The molecule has 1 aliphatic rings. The van der Waals surface area contributed by atoms with E-state index in [-0.39, 0.29) is 0 Å². The summed E-state index contributed by atoms with van der Waals surface area (Å²) in [6, 6.07) is 9.50. The second-order valence-electron chi connectivity index (χ2n) is 6.24. The Kier molecular flexibility index (Phi) is 6.07. The minimum absolute atomic E-state index is 0.373. The molecular weight excluding hydrogens is 260 g/mol. The lowest BCUT2D eigenvalue weighted by atomic mass is 9.91. The average molecular weight is 290 g/mol. The number of ether oxygens (including phenoxy) is 1. The first-order valence-corrected chi connectivity index (χ1v) is 8.27. The Morgan fingerprint density at radius 3 is 2.90 bits per heavy atom. The zero-order valence-corrected chi connectivity index (χ0v) is 13.9. The molecule has 0 saturated carbocycles. The van der Waals surface area contributed by atoms with E-state index in [4.69, 9.17) is 4.74 Å². The number of benzene rings is 1. The summed E-state index contributed by atoms with van der Waals surface area (Å²) >= 11 is 0. The van der Waals surface area contributed by atoms with E-state index < -0.39 is 0 Å². The quantitative estimate of drug-likeness (QED) is 0.868. The molecule has 0 bridgehead atoms. The molecule has 118 valence electrons. The first-order valence-electron chi connectivity index (χ1n) is 8.27. The Morgan fingerprint density at radius 2 is 2.19 bits per heavy atom. The van der Waals surface area contributed by atoms with E-state index in [1.807, 2.05) is 6.07 Å². The number of methoxy groups -OCH3 is 1. The standard InChI is InChI=1S/C18H30N2O/c1-5-19-18(16-9-6-10-17(12-16)21-4)13-20-11-7-8-14(2)15(20)3/h6,9-10,12,14-15,18-19H,5,7-8,11,13H2,1-4H3. The van der Waals surface area contributed by atoms with Gasteiger partial charge in [0.2, 0.25) is 0 Å². The SMILES string of the molecule is CCNC(CN1CCCC(C)C1C)c1cccc(OC)c1. The molecule has 1 fully saturated rings. The molecule has 1 aliphatic heterocycles. The van der Waals surface area contributed by atoms with E-state index in [9.17, 15) is 0 Å². The van der Waals surface area contributed by atoms with Crippen molar-refractivity contribution in [1.82, 2.24) is 10.2 Å². The van der Waals surface area contributed by atoms with Crippen molar-refractivity contribution in [3.8, 4) is 5.75 Å². The van der Waals surface area contributed by atoms with E-state index in [0.717, 1.165) is 24.8 Å². The van der Waals surface area contributed by atoms with Crippen molar-refractivity contribution in [2.24, 2.45) is 5.92 Å². The summed E-state index contributed by atoms with van der Waals surface area (Å²) in [6.45, 7) is 10.2. The van der Waals surface area contributed by atoms with Gasteiger partial charge >= 0.3 is 0 Å². The second kappa shape index (κ2) is 7.81. The summed E-state index contributed by atoms with van der Waals surface area (Å²) < 4.78 is 5.37. The first kappa shape index (κ1) is 16.3. The smallest absolute Gasteiger partial charge is 0.119 e. The zero-order valence-electron chi connectivity index (χ0n) is 13.9. The Hall–Kier alpha value is -1.06. The molecule has 1 aromatic carbocycles. The molecule has 2 rings (SSSR count). The Morgan fingerprint density at radius 1 is 1.38 bits per heavy atom. The van der Waals surface area contributed by atoms with Crippen molar-refractivity contribution < 1.29 is 4.74 Å². The molecule has 1 saturated heterocycles. The third kappa shape index (κ3) is 4.21. The van der Waals surface area contributed by atoms with Gasteiger partial charge in [-0.25, -0.2) is 0 Å². The number of likely N-dealkylation sites (N-methyl/N-ethyl adjacent to an activating group) is 1. The van der Waals surface area contributed by atoms with Crippen LogP contribution in [0.4, 0.5) is 0 Å². The normalized spacial score (nSPS) is 24.8. The molecule has 0 radical (unpaired) electrons. The molecular formula is C18H30N2O. The minimum Gasteiger partial charge on any atom is -0.497 e. The first-order chi connectivity index (χ1) is 10.2. The topological polar surface area (TPSA) is 24.5 Å². The van der Waals surface area contributed by atoms with Gasteiger partial charge in [0.25, 0.3) is 0 Å². The fraction of sp³-hybridized carbons (Fsp3) is 0.667. The predicted octanol–water partition coefficient (Wildman–Crippen LogP) is 3.47. The van der Waals surface area contributed by atoms with Crippen LogP contribution in [0.3, 0.4) is 0 Å². The number of hydrogen-bond acceptors (Lipinski definition) is 3. The number of piperidine rings is 1. The maximum absolute atomic E-state index is 5.37. The van der Waals surface area contributed by atoms with E-state index in [0.29, 0.717) is 12.1 Å². The minimum atomic E-state index is 0.373. The fourth-order valence-corrected chi connectivity index (χ4v) is 3.31. The van der Waals surface area contributed by atoms with Gasteiger partial charge < -0.3 is 10.1 Å². The molecule has 0 amide bonds. The number of likely N-dealkylation sites (tertiary alicyclic amines) is 1. The van der Waals surface area contributed by atoms with Crippen LogP contribution in [0.15, 0.2) is 24.3 Å². The molecule has 3 unspecified atom stereocenters. The van der Waals surface area contributed by atoms with Crippen LogP contribution in [0.1, 0.15) is 45.2 Å². The Labute approximate surface area is 129 Å². The molecule has 21 heavy (non-hydrogen) atoms. The van der Waals surface area contributed by atoms with Crippen molar-refractivity contribution in [3.05, 3.63) is 29.8 Å². The van der Waals surface area contributed by atoms with Crippen molar-refractivity contribution in [1.29, 1.82) is 0 Å². The largest absolute Gasteiger partial charge is 0.497 e. The maximum Gasteiger partial charge on any atom is 0.119 e. The highest BCUT2D eigenvalue weighted by molar-refractivity contribution is 5.30. The van der Waals surface area contributed by atoms with Gasteiger partial charge in [-0.3, -0.25) is 4.90 Å². The van der Waals surface area contributed by atoms with Crippen LogP contribution in [-0.4, -0.2) is 37.7 Å². The van der Waals surface area contributed by atoms with E-state index in [1.165, 1.54) is 24.9 Å². The third-order valence-corrected chi connectivity index (χ3v) is 4.87. The van der Waals surface area contributed by atoms with Crippen molar-refractivity contribution in [2.75, 3.05) is 26.7 Å². The highest BCUT2D eigenvalue weighted by atomic mass is 16.5. The van der Waals surface area contributed by atoms with Gasteiger partial charge in [-0.05, 0) is 56.5 Å². The lowest BCUT2D eigenvalue weighted by molar-refractivity contribution is 0.102. The summed E-state index contributed by atoms with van der Waals surface area (Å²) in [6.07, 6.45) is 2.69. The van der Waals surface area contributed by atoms with Gasteiger partial charge in [-0.1, -0.05) is 26.0 Å². The molecule has 3 nitrogen and oxygen atoms in total. The summed E-state index contributed by atoms with van der Waals surface area (Å²) in [4.78, 5) is 2.64. The number of nitrogens with one attached hydrogen (secondary N) is 1. The lowest BCUT2D eigenvalue weighted by Crippen LogP contribution is -2.46. The van der Waals surface area contributed by atoms with Crippen LogP contribution in [0.5, 0.6) is 5.75 Å². The van der Waals surface area contributed by atoms with Gasteiger partial charge in [0, 0.05) is 18.6 Å². The molecule has 3 atom stereocenters. The average Bonchev–Trinajstić information content (AvgIpc) is 2.51. The highest BCUT2D eigenvalue weighted by Gasteiger charge is 2.26. The van der Waals surface area contributed by atoms with Crippen molar-refractivity contribution >= 4 is 0 Å². The molecule has 1 heterocycles. The van der Waals surface area contributed by atoms with Crippen molar-refractivity contribution in [2.45, 2.75) is 45.7 Å². The third-order valence-electron chi connectivity index (χ3n) is 4.87. The van der Waals surface area contributed by atoms with Crippen molar-refractivity contribution in [3.63, 3.8) is 0 Å². The molecule has 0 aromatic heterocycles. The van der Waals surface area contributed by atoms with E-state index >= 15 is 0 Å². The van der Waals surface area contributed by atoms with Gasteiger partial charge in [0.05, 0.1) is 7.11 Å². The Balaban J connectivity index is 2.10. The van der Waals surface area contributed by atoms with Gasteiger partial charge in [0.15, 0.2) is 0 Å². The monoisotopic (exact) mass is 290 g/mol. The maximum atomic E-state index is 5.37. The second-order valence-corrected chi connectivity index (χ2v) is 6.24. The van der Waals surface area contributed by atoms with Crippen LogP contribution in [0.2, 0.25) is 0 Å². The van der Waals surface area contributed by atoms with Crippen LogP contribution < -0.4 is 10.1 Å². The van der Waals surface area contributed by atoms with Crippen LogP contribution in [-0.2, 0) is 0 Å². The van der Waals surface area contributed by atoms with Crippen LogP contribution in [0.25, 0.3) is 0 Å². The lowest BCUT2D eigenvalue weighted by Gasteiger charge is -2.40. The van der Waals surface area contributed by atoms with E-state index in [1.54, 1.807) is 7.11 Å². The molecule has 0 aliphatic carbocycles. The highest BCUT2D eigenvalue weighted by Crippen LogP contribution is 2.26. The summed E-state index contributed by atoms with van der Waals surface area (Å²) in [5.41, 5.74) is 1.32. The molecule has 1 N–H and O–H groups in total. The molecule has 3 heteroatoms. The number of nitrogens with zero attached hydrogens (tertiary/aromatic N) is 1. The molecule has 0 spiro atoms. The summed E-state index contributed by atoms with van der Waals surface area (Å²) in [5.74, 6) is 1.74. The summed E-state index contributed by atoms with van der Waals surface area (Å²) in [5, 5.41) is 3.64. The van der Waals surface area contributed by atoms with Gasteiger partial charge in [-0.15, -0.1) is 0 Å². The molecule has 1 aromatic rings. The predicted molar refractivity (Wildman–Crippen MR) is 88.8 cm³/mol. The fourth-order valence-electron chi connectivity index (χ4n) is 3.31. The number of hydrogen-bond donors (Lipinski definition) is 1. The number of rotatable bonds is 6. The zero-order chi connectivity index (χ0) is 15.2.